The third kappa shape index (κ3) is 3.51. The van der Waals surface area contributed by atoms with Crippen LogP contribution in [0.3, 0.4) is 0 Å². The van der Waals surface area contributed by atoms with Gasteiger partial charge in [0.05, 0.1) is 11.6 Å². The number of carbonyl (C=O) groups is 1. The second kappa shape index (κ2) is 6.32. The summed E-state index contributed by atoms with van der Waals surface area (Å²) in [6, 6.07) is 5.42. The lowest BCUT2D eigenvalue weighted by molar-refractivity contribution is -0.117. The molecular weight excluding hydrogens is 225 g/mol. The summed E-state index contributed by atoms with van der Waals surface area (Å²) in [5.41, 5.74) is 0.00491. The Morgan fingerprint density at radius 1 is 1.29 bits per heavy atom. The van der Waals surface area contributed by atoms with E-state index in [1.54, 1.807) is 13.0 Å². The van der Waals surface area contributed by atoms with E-state index in [-0.39, 0.29) is 11.6 Å². The number of amides is 1. The zero-order valence-corrected chi connectivity index (χ0v) is 10.1. The average molecular weight is 241 g/mol. The number of carbonyl (C=O) groups excluding carboxylic acids is 1. The first-order valence-corrected chi connectivity index (χ1v) is 5.21. The highest BCUT2D eigenvalue weighted by molar-refractivity contribution is 5.94. The first kappa shape index (κ1) is 13.6. The lowest BCUT2D eigenvalue weighted by Crippen LogP contribution is -2.43. The smallest absolute Gasteiger partial charge is 0.254 e. The van der Waals surface area contributed by atoms with Gasteiger partial charge in [0.2, 0.25) is 0 Å². The van der Waals surface area contributed by atoms with Crippen LogP contribution in [0.15, 0.2) is 24.3 Å². The number of halogens is 1. The minimum Gasteiger partial charge on any atom is -0.354 e. The zero-order chi connectivity index (χ0) is 12.8. The van der Waals surface area contributed by atoms with Crippen molar-refractivity contribution in [2.24, 2.45) is 0 Å². The molecule has 1 amide bonds. The maximum atomic E-state index is 13.3. The summed E-state index contributed by atoms with van der Waals surface area (Å²) >= 11 is 0. The van der Waals surface area contributed by atoms with Gasteiger partial charge in [-0.25, -0.2) is 4.39 Å². The summed E-state index contributed by atoms with van der Waals surface area (Å²) in [5.74, 6) is -1.04. The summed E-state index contributed by atoms with van der Waals surface area (Å²) in [5, 5.41) is 2.61. The summed E-state index contributed by atoms with van der Waals surface area (Å²) in [6.07, 6.45) is -0.564. The number of methoxy groups -OCH3 is 2. The van der Waals surface area contributed by atoms with Crippen LogP contribution in [0.5, 0.6) is 0 Å². The van der Waals surface area contributed by atoms with E-state index in [2.05, 4.69) is 5.32 Å². The van der Waals surface area contributed by atoms with Crippen LogP contribution in [0, 0.1) is 5.82 Å². The van der Waals surface area contributed by atoms with Crippen molar-refractivity contribution in [2.75, 3.05) is 14.2 Å². The molecule has 0 aromatic heterocycles. The Morgan fingerprint density at radius 2 is 1.88 bits per heavy atom. The molecule has 4 nitrogen and oxygen atoms in total. The molecule has 0 saturated heterocycles. The van der Waals surface area contributed by atoms with E-state index in [0.29, 0.717) is 0 Å². The largest absolute Gasteiger partial charge is 0.354 e. The molecule has 0 aliphatic rings. The Bertz CT molecular complexity index is 380. The minimum absolute atomic E-state index is 0.00491. The molecular formula is C12H16FNO3. The van der Waals surface area contributed by atoms with E-state index in [4.69, 9.17) is 9.47 Å². The van der Waals surface area contributed by atoms with E-state index in [1.807, 2.05) is 0 Å². The van der Waals surface area contributed by atoms with E-state index < -0.39 is 18.0 Å². The van der Waals surface area contributed by atoms with Gasteiger partial charge in [-0.05, 0) is 19.1 Å². The van der Waals surface area contributed by atoms with E-state index in [1.165, 1.54) is 32.4 Å². The molecule has 1 rings (SSSR count). The lowest BCUT2D eigenvalue weighted by atomic mass is 10.2. The monoisotopic (exact) mass is 241 g/mol. The molecule has 0 aliphatic heterocycles. The fourth-order valence-electron chi connectivity index (χ4n) is 1.50. The molecule has 1 unspecified atom stereocenters. The molecule has 0 aliphatic carbocycles. The van der Waals surface area contributed by atoms with Crippen molar-refractivity contribution in [3.8, 4) is 0 Å². The first-order chi connectivity index (χ1) is 8.10. The van der Waals surface area contributed by atoms with Gasteiger partial charge < -0.3 is 14.8 Å². The number of nitrogens with one attached hydrogen (secondary N) is 1. The van der Waals surface area contributed by atoms with E-state index in [0.717, 1.165) is 0 Å². The van der Waals surface area contributed by atoms with Crippen LogP contribution in [0.2, 0.25) is 0 Å². The molecule has 5 heteroatoms. The molecule has 0 spiro atoms. The SMILES string of the molecule is COC(OC)C(C)NC(=O)c1ccccc1F. The predicted molar refractivity (Wildman–Crippen MR) is 61.1 cm³/mol. The highest BCUT2D eigenvalue weighted by atomic mass is 19.1. The summed E-state index contributed by atoms with van der Waals surface area (Å²) in [7, 11) is 2.94. The Labute approximate surface area is 99.7 Å². The van der Waals surface area contributed by atoms with Crippen LogP contribution in [-0.4, -0.2) is 32.5 Å². The van der Waals surface area contributed by atoms with Gasteiger partial charge in [0.1, 0.15) is 5.82 Å². The number of rotatable bonds is 5. The lowest BCUT2D eigenvalue weighted by Gasteiger charge is -2.22. The summed E-state index contributed by atoms with van der Waals surface area (Å²) in [6.45, 7) is 1.72. The molecule has 1 aromatic carbocycles. The standard InChI is InChI=1S/C12H16FNO3/c1-8(12(16-2)17-3)14-11(15)9-6-4-5-7-10(9)13/h4-8,12H,1-3H3,(H,14,15). The Balaban J connectivity index is 2.70. The van der Waals surface area contributed by atoms with Gasteiger partial charge >= 0.3 is 0 Å². The van der Waals surface area contributed by atoms with Crippen molar-refractivity contribution >= 4 is 5.91 Å². The van der Waals surface area contributed by atoms with Crippen molar-refractivity contribution in [1.29, 1.82) is 0 Å². The zero-order valence-electron chi connectivity index (χ0n) is 10.1. The molecule has 1 N–H and O–H groups in total. The normalized spacial score (nSPS) is 12.5. The second-order valence-electron chi connectivity index (χ2n) is 3.58. The fourth-order valence-corrected chi connectivity index (χ4v) is 1.50. The van der Waals surface area contributed by atoms with E-state index in [9.17, 15) is 9.18 Å². The van der Waals surface area contributed by atoms with Crippen LogP contribution in [0.4, 0.5) is 4.39 Å². The van der Waals surface area contributed by atoms with Gasteiger partial charge in [-0.1, -0.05) is 12.1 Å². The number of ether oxygens (including phenoxy) is 2. The molecule has 0 radical (unpaired) electrons. The fraction of sp³-hybridized carbons (Fsp3) is 0.417. The second-order valence-corrected chi connectivity index (χ2v) is 3.58. The molecule has 1 aromatic rings. The highest BCUT2D eigenvalue weighted by Gasteiger charge is 2.20. The van der Waals surface area contributed by atoms with Gasteiger partial charge in [-0.15, -0.1) is 0 Å². The van der Waals surface area contributed by atoms with E-state index >= 15 is 0 Å². The summed E-state index contributed by atoms with van der Waals surface area (Å²) < 4.78 is 23.3. The van der Waals surface area contributed by atoms with Gasteiger partial charge in [0, 0.05) is 14.2 Å². The van der Waals surface area contributed by atoms with Crippen molar-refractivity contribution in [2.45, 2.75) is 19.3 Å². The van der Waals surface area contributed by atoms with Crippen LogP contribution in [0.1, 0.15) is 17.3 Å². The quantitative estimate of drug-likeness (QED) is 0.796. The number of hydrogen-bond donors (Lipinski definition) is 1. The van der Waals surface area contributed by atoms with Crippen LogP contribution in [-0.2, 0) is 9.47 Å². The molecule has 0 heterocycles. The minimum atomic E-state index is -0.564. The topological polar surface area (TPSA) is 47.6 Å². The Hall–Kier alpha value is -1.46. The maximum Gasteiger partial charge on any atom is 0.254 e. The van der Waals surface area contributed by atoms with Gasteiger partial charge in [-0.2, -0.15) is 0 Å². The third-order valence-corrected chi connectivity index (χ3v) is 2.35. The van der Waals surface area contributed by atoms with Gasteiger partial charge in [0.15, 0.2) is 6.29 Å². The molecule has 0 saturated carbocycles. The summed E-state index contributed by atoms with van der Waals surface area (Å²) in [4.78, 5) is 11.8. The van der Waals surface area contributed by atoms with Crippen LogP contribution >= 0.6 is 0 Å². The van der Waals surface area contributed by atoms with Crippen LogP contribution < -0.4 is 5.32 Å². The average Bonchev–Trinajstić information content (AvgIpc) is 2.31. The number of hydrogen-bond acceptors (Lipinski definition) is 3. The Kier molecular flexibility index (Phi) is 5.06. The van der Waals surface area contributed by atoms with Gasteiger partial charge in [0.25, 0.3) is 5.91 Å². The van der Waals surface area contributed by atoms with Crippen molar-refractivity contribution in [1.82, 2.24) is 5.32 Å². The highest BCUT2D eigenvalue weighted by Crippen LogP contribution is 2.07. The van der Waals surface area contributed by atoms with Crippen molar-refractivity contribution in [3.63, 3.8) is 0 Å². The van der Waals surface area contributed by atoms with Crippen molar-refractivity contribution < 1.29 is 18.7 Å². The van der Waals surface area contributed by atoms with Crippen LogP contribution in [0.25, 0.3) is 0 Å². The Morgan fingerprint density at radius 3 is 2.41 bits per heavy atom. The maximum absolute atomic E-state index is 13.3. The molecule has 1 atom stereocenters. The predicted octanol–water partition coefficient (Wildman–Crippen LogP) is 1.56. The first-order valence-electron chi connectivity index (χ1n) is 5.21. The molecule has 94 valence electrons. The molecule has 17 heavy (non-hydrogen) atoms. The third-order valence-electron chi connectivity index (χ3n) is 2.35. The van der Waals surface area contributed by atoms with Gasteiger partial charge in [-0.3, -0.25) is 4.79 Å². The van der Waals surface area contributed by atoms with Crippen molar-refractivity contribution in [3.05, 3.63) is 35.6 Å². The molecule has 0 bridgehead atoms. The number of benzene rings is 1. The molecule has 0 fully saturated rings.